The molecule has 5 nitrogen and oxygen atoms in total. The van der Waals surface area contributed by atoms with Crippen molar-refractivity contribution in [2.45, 2.75) is 33.1 Å². The standard InChI is InChI=1S/C27H28Cl2N2O3/c1-27(2,18-25(33)31-23-10-6-9-22(28)26(23)29)17-24(32)30-20-11-13-21(14-12-20)34-16-15-19-7-4-3-5-8-19/h3-14H,15-18H2,1-2H3,(H,30,32)(H,31,33). The molecule has 0 bridgehead atoms. The lowest BCUT2D eigenvalue weighted by atomic mass is 9.85. The Morgan fingerprint density at radius 3 is 2.15 bits per heavy atom. The van der Waals surface area contributed by atoms with Gasteiger partial charge in [0.2, 0.25) is 11.8 Å². The molecular weight excluding hydrogens is 471 g/mol. The van der Waals surface area contributed by atoms with E-state index in [2.05, 4.69) is 22.8 Å². The number of amides is 2. The average Bonchev–Trinajstić information content (AvgIpc) is 2.78. The zero-order valence-corrected chi connectivity index (χ0v) is 20.7. The van der Waals surface area contributed by atoms with Gasteiger partial charge in [0, 0.05) is 24.9 Å². The van der Waals surface area contributed by atoms with Crippen molar-refractivity contribution in [1.82, 2.24) is 0 Å². The van der Waals surface area contributed by atoms with E-state index in [-0.39, 0.29) is 24.7 Å². The summed E-state index contributed by atoms with van der Waals surface area (Å²) < 4.78 is 5.78. The average molecular weight is 499 g/mol. The molecule has 0 radical (unpaired) electrons. The quantitative estimate of drug-likeness (QED) is 0.316. The molecule has 0 atom stereocenters. The molecule has 3 aromatic rings. The van der Waals surface area contributed by atoms with E-state index in [0.717, 1.165) is 12.2 Å². The summed E-state index contributed by atoms with van der Waals surface area (Å²) in [7, 11) is 0. The molecule has 0 fully saturated rings. The molecule has 3 rings (SSSR count). The summed E-state index contributed by atoms with van der Waals surface area (Å²) in [5.74, 6) is 0.334. The summed E-state index contributed by atoms with van der Waals surface area (Å²) in [5.41, 5.74) is 1.79. The molecule has 0 aliphatic carbocycles. The Balaban J connectivity index is 1.45. The number of benzene rings is 3. The fraction of sp³-hybridized carbons (Fsp3) is 0.259. The Kier molecular flexibility index (Phi) is 8.97. The molecule has 0 aliphatic heterocycles. The van der Waals surface area contributed by atoms with Gasteiger partial charge in [0.1, 0.15) is 5.75 Å². The summed E-state index contributed by atoms with van der Waals surface area (Å²) in [4.78, 5) is 25.1. The Bertz CT molecular complexity index is 1120. The first-order valence-corrected chi connectivity index (χ1v) is 11.8. The van der Waals surface area contributed by atoms with E-state index in [1.54, 1.807) is 30.3 Å². The number of ether oxygens (including phenoxy) is 1. The van der Waals surface area contributed by atoms with Crippen molar-refractivity contribution in [2.75, 3.05) is 17.2 Å². The molecule has 3 aromatic carbocycles. The maximum atomic E-state index is 12.6. The van der Waals surface area contributed by atoms with Crippen LogP contribution < -0.4 is 15.4 Å². The van der Waals surface area contributed by atoms with Crippen LogP contribution in [0.3, 0.4) is 0 Å². The van der Waals surface area contributed by atoms with E-state index in [1.807, 2.05) is 44.2 Å². The van der Waals surface area contributed by atoms with E-state index in [1.165, 1.54) is 5.56 Å². The van der Waals surface area contributed by atoms with Crippen molar-refractivity contribution in [2.24, 2.45) is 5.41 Å². The van der Waals surface area contributed by atoms with Gasteiger partial charge in [-0.3, -0.25) is 9.59 Å². The second-order valence-electron chi connectivity index (χ2n) is 8.82. The lowest BCUT2D eigenvalue weighted by Gasteiger charge is -2.23. The molecule has 178 valence electrons. The molecule has 0 spiro atoms. The zero-order valence-electron chi connectivity index (χ0n) is 19.2. The van der Waals surface area contributed by atoms with Gasteiger partial charge in [-0.25, -0.2) is 0 Å². The van der Waals surface area contributed by atoms with E-state index >= 15 is 0 Å². The molecule has 0 aromatic heterocycles. The highest BCUT2D eigenvalue weighted by molar-refractivity contribution is 6.44. The van der Waals surface area contributed by atoms with Gasteiger partial charge in [-0.15, -0.1) is 0 Å². The van der Waals surface area contributed by atoms with Crippen molar-refractivity contribution in [3.05, 3.63) is 88.4 Å². The third-order valence-corrected chi connectivity index (χ3v) is 5.96. The molecule has 34 heavy (non-hydrogen) atoms. The summed E-state index contributed by atoms with van der Waals surface area (Å²) in [6.07, 6.45) is 1.15. The minimum Gasteiger partial charge on any atom is -0.493 e. The van der Waals surface area contributed by atoms with Gasteiger partial charge in [-0.1, -0.05) is 73.4 Å². The Labute approximate surface area is 210 Å². The van der Waals surface area contributed by atoms with Gasteiger partial charge in [0.15, 0.2) is 0 Å². The Hall–Kier alpha value is -3.02. The van der Waals surface area contributed by atoms with Gasteiger partial charge < -0.3 is 15.4 Å². The number of rotatable bonds is 10. The number of nitrogens with one attached hydrogen (secondary N) is 2. The van der Waals surface area contributed by atoms with Crippen LogP contribution in [0.1, 0.15) is 32.3 Å². The highest BCUT2D eigenvalue weighted by Crippen LogP contribution is 2.31. The number of halogens is 2. The molecular formula is C27H28Cl2N2O3. The maximum absolute atomic E-state index is 12.6. The molecule has 0 aliphatic rings. The summed E-state index contributed by atoms with van der Waals surface area (Å²) >= 11 is 12.1. The maximum Gasteiger partial charge on any atom is 0.224 e. The predicted molar refractivity (Wildman–Crippen MR) is 139 cm³/mol. The van der Waals surface area contributed by atoms with Crippen LogP contribution in [0.25, 0.3) is 0 Å². The first-order valence-electron chi connectivity index (χ1n) is 11.0. The van der Waals surface area contributed by atoms with Crippen LogP contribution in [0.15, 0.2) is 72.8 Å². The van der Waals surface area contributed by atoms with Gasteiger partial charge in [0.05, 0.1) is 22.3 Å². The molecule has 0 heterocycles. The van der Waals surface area contributed by atoms with Crippen molar-refractivity contribution in [3.63, 3.8) is 0 Å². The monoisotopic (exact) mass is 498 g/mol. The van der Waals surface area contributed by atoms with Crippen molar-refractivity contribution < 1.29 is 14.3 Å². The normalized spacial score (nSPS) is 11.1. The zero-order chi connectivity index (χ0) is 24.6. The first-order chi connectivity index (χ1) is 16.2. The summed E-state index contributed by atoms with van der Waals surface area (Å²) in [5, 5.41) is 6.30. The topological polar surface area (TPSA) is 67.4 Å². The molecule has 7 heteroatoms. The van der Waals surface area contributed by atoms with Crippen molar-refractivity contribution in [3.8, 4) is 5.75 Å². The van der Waals surface area contributed by atoms with Gasteiger partial charge in [-0.05, 0) is 47.4 Å². The predicted octanol–water partition coefficient (Wildman–Crippen LogP) is 7.00. The second-order valence-corrected chi connectivity index (χ2v) is 9.61. The van der Waals surface area contributed by atoms with E-state index in [0.29, 0.717) is 28.0 Å². The number of anilines is 2. The minimum atomic E-state index is -0.556. The van der Waals surface area contributed by atoms with Crippen LogP contribution in [0.5, 0.6) is 5.75 Å². The first kappa shape index (κ1) is 25.6. The SMILES string of the molecule is CC(C)(CC(=O)Nc1ccc(OCCc2ccccc2)cc1)CC(=O)Nc1cccc(Cl)c1Cl. The van der Waals surface area contributed by atoms with Crippen LogP contribution in [0, 0.1) is 5.41 Å². The van der Waals surface area contributed by atoms with E-state index < -0.39 is 5.41 Å². The summed E-state index contributed by atoms with van der Waals surface area (Å²) in [6, 6.07) is 22.4. The fourth-order valence-corrected chi connectivity index (χ4v) is 3.85. The number of carbonyl (C=O) groups excluding carboxylic acids is 2. The third kappa shape index (κ3) is 8.08. The number of hydrogen-bond donors (Lipinski definition) is 2. The number of hydrogen-bond acceptors (Lipinski definition) is 3. The molecule has 0 unspecified atom stereocenters. The lowest BCUT2D eigenvalue weighted by Crippen LogP contribution is -2.27. The van der Waals surface area contributed by atoms with Gasteiger partial charge in [-0.2, -0.15) is 0 Å². The van der Waals surface area contributed by atoms with Crippen LogP contribution in [-0.4, -0.2) is 18.4 Å². The third-order valence-electron chi connectivity index (χ3n) is 5.14. The highest BCUT2D eigenvalue weighted by Gasteiger charge is 2.26. The molecule has 0 saturated carbocycles. The van der Waals surface area contributed by atoms with Crippen molar-refractivity contribution in [1.29, 1.82) is 0 Å². The van der Waals surface area contributed by atoms with Gasteiger partial charge >= 0.3 is 0 Å². The highest BCUT2D eigenvalue weighted by atomic mass is 35.5. The fourth-order valence-electron chi connectivity index (χ4n) is 3.50. The lowest BCUT2D eigenvalue weighted by molar-refractivity contribution is -0.120. The Morgan fingerprint density at radius 1 is 0.824 bits per heavy atom. The minimum absolute atomic E-state index is 0.150. The molecule has 0 saturated heterocycles. The van der Waals surface area contributed by atoms with Crippen LogP contribution in [-0.2, 0) is 16.0 Å². The van der Waals surface area contributed by atoms with Crippen LogP contribution in [0.2, 0.25) is 10.0 Å². The summed E-state index contributed by atoms with van der Waals surface area (Å²) in [6.45, 7) is 4.32. The largest absolute Gasteiger partial charge is 0.493 e. The molecule has 2 amide bonds. The number of carbonyl (C=O) groups is 2. The smallest absolute Gasteiger partial charge is 0.224 e. The molecule has 2 N–H and O–H groups in total. The second kappa shape index (κ2) is 11.9. The van der Waals surface area contributed by atoms with Crippen LogP contribution >= 0.6 is 23.2 Å². The van der Waals surface area contributed by atoms with E-state index in [9.17, 15) is 9.59 Å². The van der Waals surface area contributed by atoms with E-state index in [4.69, 9.17) is 27.9 Å². The van der Waals surface area contributed by atoms with Gasteiger partial charge in [0.25, 0.3) is 0 Å². The Morgan fingerprint density at radius 2 is 1.47 bits per heavy atom. The van der Waals surface area contributed by atoms with Crippen molar-refractivity contribution >= 4 is 46.4 Å². The van der Waals surface area contributed by atoms with Crippen LogP contribution in [0.4, 0.5) is 11.4 Å².